The summed E-state index contributed by atoms with van der Waals surface area (Å²) in [7, 11) is -0.429. The van der Waals surface area contributed by atoms with E-state index in [4.69, 9.17) is 23.2 Å². The summed E-state index contributed by atoms with van der Waals surface area (Å²) in [6.07, 6.45) is 0. The van der Waals surface area contributed by atoms with Gasteiger partial charge in [-0.3, -0.25) is 4.79 Å². The largest absolute Gasteiger partial charge is 0.336 e. The second-order valence-corrected chi connectivity index (χ2v) is 8.08. The van der Waals surface area contributed by atoms with Gasteiger partial charge in [-0.1, -0.05) is 41.9 Å². The van der Waals surface area contributed by atoms with Crippen molar-refractivity contribution in [1.82, 2.24) is 19.0 Å². The SMILES string of the molecule is C=C(C(=O)N1CCN(S(=O)(=O)NN(C)C)CC1)c1cc[c]c(Cl)c1Cl. The molecule has 1 aromatic rings. The molecule has 0 atom stereocenters. The molecule has 1 aromatic carbocycles. The third-order valence-corrected chi connectivity index (χ3v) is 6.06. The second-order valence-electron chi connectivity index (χ2n) is 5.68. The van der Waals surface area contributed by atoms with E-state index in [1.807, 2.05) is 0 Å². The van der Waals surface area contributed by atoms with E-state index in [9.17, 15) is 13.2 Å². The molecule has 137 valence electrons. The number of carbonyl (C=O) groups is 1. The van der Waals surface area contributed by atoms with Crippen LogP contribution in [-0.2, 0) is 15.0 Å². The van der Waals surface area contributed by atoms with Gasteiger partial charge in [-0.2, -0.15) is 12.7 Å². The molecule has 0 aromatic heterocycles. The molecule has 2 rings (SSSR count). The highest BCUT2D eigenvalue weighted by Crippen LogP contribution is 2.30. The number of hydrogen-bond acceptors (Lipinski definition) is 4. The van der Waals surface area contributed by atoms with Crippen molar-refractivity contribution in [3.05, 3.63) is 40.4 Å². The molecule has 1 N–H and O–H groups in total. The highest BCUT2D eigenvalue weighted by atomic mass is 35.5. The van der Waals surface area contributed by atoms with E-state index in [0.29, 0.717) is 5.56 Å². The molecular weight excluding hydrogens is 387 g/mol. The zero-order valence-corrected chi connectivity index (χ0v) is 16.2. The lowest BCUT2D eigenvalue weighted by molar-refractivity contribution is -0.126. The Morgan fingerprint density at radius 1 is 1.28 bits per heavy atom. The van der Waals surface area contributed by atoms with Crippen LogP contribution in [0.1, 0.15) is 5.56 Å². The van der Waals surface area contributed by atoms with Gasteiger partial charge in [-0.25, -0.2) is 5.01 Å². The number of rotatable bonds is 5. The zero-order chi connectivity index (χ0) is 18.8. The van der Waals surface area contributed by atoms with Gasteiger partial charge in [0.25, 0.3) is 16.1 Å². The fourth-order valence-electron chi connectivity index (χ4n) is 2.41. The number of piperazine rings is 1. The van der Waals surface area contributed by atoms with E-state index in [0.717, 1.165) is 0 Å². The third kappa shape index (κ3) is 4.72. The van der Waals surface area contributed by atoms with Crippen LogP contribution in [0.5, 0.6) is 0 Å². The van der Waals surface area contributed by atoms with E-state index in [1.54, 1.807) is 31.1 Å². The molecule has 0 bridgehead atoms. The summed E-state index contributed by atoms with van der Waals surface area (Å²) in [5.41, 5.74) is 0.656. The van der Waals surface area contributed by atoms with E-state index in [2.05, 4.69) is 17.5 Å². The van der Waals surface area contributed by atoms with Crippen LogP contribution in [0, 0.1) is 6.07 Å². The van der Waals surface area contributed by atoms with Gasteiger partial charge in [0.2, 0.25) is 0 Å². The minimum atomic E-state index is -3.61. The molecule has 1 fully saturated rings. The lowest BCUT2D eigenvalue weighted by atomic mass is 10.1. The van der Waals surface area contributed by atoms with Crippen molar-refractivity contribution in [2.45, 2.75) is 0 Å². The Hall–Kier alpha value is -1.16. The van der Waals surface area contributed by atoms with E-state index < -0.39 is 10.2 Å². The molecular formula is C15H19Cl2N4O3S. The fraction of sp³-hybridized carbons (Fsp3) is 0.400. The number of hydrazine groups is 1. The molecule has 0 spiro atoms. The lowest BCUT2D eigenvalue weighted by Gasteiger charge is -2.34. The summed E-state index contributed by atoms with van der Waals surface area (Å²) in [5.74, 6) is -0.304. The molecule has 1 amide bonds. The van der Waals surface area contributed by atoms with Gasteiger partial charge in [-0.05, 0) is 0 Å². The number of halogens is 2. The quantitative estimate of drug-likeness (QED) is 0.591. The van der Waals surface area contributed by atoms with Crippen molar-refractivity contribution in [2.24, 2.45) is 0 Å². The van der Waals surface area contributed by atoms with Crippen LogP contribution in [-0.4, -0.2) is 68.8 Å². The Labute approximate surface area is 157 Å². The summed E-state index contributed by atoms with van der Waals surface area (Å²) in [4.78, 5) is 16.5. The Morgan fingerprint density at radius 3 is 2.44 bits per heavy atom. The molecule has 7 nitrogen and oxygen atoms in total. The normalized spacial score (nSPS) is 16.3. The first kappa shape index (κ1) is 20.2. The first-order valence-corrected chi connectivity index (χ1v) is 9.62. The highest BCUT2D eigenvalue weighted by Gasteiger charge is 2.30. The predicted octanol–water partition coefficient (Wildman–Crippen LogP) is 1.26. The maximum Gasteiger partial charge on any atom is 0.292 e. The minimum Gasteiger partial charge on any atom is -0.336 e. The van der Waals surface area contributed by atoms with Gasteiger partial charge in [0.05, 0.1) is 10.0 Å². The van der Waals surface area contributed by atoms with Crippen LogP contribution in [0.2, 0.25) is 10.0 Å². The van der Waals surface area contributed by atoms with Crippen molar-refractivity contribution in [2.75, 3.05) is 40.3 Å². The third-order valence-electron chi connectivity index (χ3n) is 3.64. The van der Waals surface area contributed by atoms with Crippen LogP contribution in [0.25, 0.3) is 5.57 Å². The molecule has 1 aliphatic rings. The van der Waals surface area contributed by atoms with E-state index in [-0.39, 0.29) is 47.7 Å². The maximum absolute atomic E-state index is 12.6. The van der Waals surface area contributed by atoms with Crippen molar-refractivity contribution in [3.8, 4) is 0 Å². The first-order chi connectivity index (χ1) is 11.6. The molecule has 10 heteroatoms. The Balaban J connectivity index is 2.04. The summed E-state index contributed by atoms with van der Waals surface area (Å²) in [6, 6.07) is 5.92. The van der Waals surface area contributed by atoms with Gasteiger partial charge in [0.1, 0.15) is 0 Å². The van der Waals surface area contributed by atoms with Crippen molar-refractivity contribution in [1.29, 1.82) is 0 Å². The average molecular weight is 406 g/mol. The number of nitrogens with zero attached hydrogens (tertiary/aromatic N) is 3. The molecule has 0 unspecified atom stereocenters. The smallest absolute Gasteiger partial charge is 0.292 e. The topological polar surface area (TPSA) is 73.0 Å². The van der Waals surface area contributed by atoms with Crippen LogP contribution < -0.4 is 4.83 Å². The average Bonchev–Trinajstić information content (AvgIpc) is 2.55. The number of benzene rings is 1. The van der Waals surface area contributed by atoms with Crippen molar-refractivity contribution in [3.63, 3.8) is 0 Å². The van der Waals surface area contributed by atoms with Gasteiger partial charge in [0, 0.05) is 57.5 Å². The molecule has 0 saturated carbocycles. The second kappa shape index (κ2) is 8.03. The van der Waals surface area contributed by atoms with Gasteiger partial charge in [0.15, 0.2) is 0 Å². The molecule has 1 saturated heterocycles. The standard InChI is InChI=1S/C15H19Cl2N4O3S/c1-11(12-5-4-6-13(16)14(12)17)15(22)20-7-9-21(10-8-20)25(23,24)18-19(2)3/h4-5,18H,1,7-10H2,2-3H3. The van der Waals surface area contributed by atoms with Crippen molar-refractivity contribution < 1.29 is 13.2 Å². The van der Waals surface area contributed by atoms with E-state index >= 15 is 0 Å². The summed E-state index contributed by atoms with van der Waals surface area (Å²) in [6.45, 7) is 4.72. The predicted molar refractivity (Wildman–Crippen MR) is 98.2 cm³/mol. The number of carbonyl (C=O) groups excluding carboxylic acids is 1. The Kier molecular flexibility index (Phi) is 6.47. The van der Waals surface area contributed by atoms with Gasteiger partial charge < -0.3 is 4.90 Å². The first-order valence-electron chi connectivity index (χ1n) is 7.42. The van der Waals surface area contributed by atoms with Gasteiger partial charge in [-0.15, -0.1) is 4.83 Å². The monoisotopic (exact) mass is 405 g/mol. The van der Waals surface area contributed by atoms with Crippen LogP contribution in [0.4, 0.5) is 0 Å². The fourth-order valence-corrected chi connectivity index (χ4v) is 4.03. The van der Waals surface area contributed by atoms with Crippen LogP contribution in [0.3, 0.4) is 0 Å². The molecule has 25 heavy (non-hydrogen) atoms. The molecule has 1 heterocycles. The molecule has 1 radical (unpaired) electrons. The minimum absolute atomic E-state index is 0.194. The lowest BCUT2D eigenvalue weighted by Crippen LogP contribution is -2.55. The van der Waals surface area contributed by atoms with Crippen LogP contribution in [0.15, 0.2) is 18.7 Å². The molecule has 1 aliphatic heterocycles. The van der Waals surface area contributed by atoms with Crippen LogP contribution >= 0.6 is 23.2 Å². The Bertz CT molecular complexity index is 775. The number of amides is 1. The maximum atomic E-state index is 12.6. The molecule has 0 aliphatic carbocycles. The highest BCUT2D eigenvalue weighted by molar-refractivity contribution is 7.87. The van der Waals surface area contributed by atoms with E-state index in [1.165, 1.54) is 9.31 Å². The summed E-state index contributed by atoms with van der Waals surface area (Å²) >= 11 is 12.0. The summed E-state index contributed by atoms with van der Waals surface area (Å²) in [5, 5.41) is 1.80. The summed E-state index contributed by atoms with van der Waals surface area (Å²) < 4.78 is 25.5. The van der Waals surface area contributed by atoms with Gasteiger partial charge >= 0.3 is 0 Å². The number of hydrogen-bond donors (Lipinski definition) is 1. The Morgan fingerprint density at radius 2 is 1.88 bits per heavy atom. The van der Waals surface area contributed by atoms with Crippen molar-refractivity contribution >= 4 is 44.9 Å². The number of nitrogens with one attached hydrogen (secondary N) is 1. The zero-order valence-electron chi connectivity index (χ0n) is 13.9.